The fraction of sp³-hybridized carbons (Fsp3) is 0.474. The van der Waals surface area contributed by atoms with Crippen molar-refractivity contribution in [1.29, 1.82) is 0 Å². The number of fused-ring (bicyclic) bond motifs is 3. The Hall–Kier alpha value is -2.18. The van der Waals surface area contributed by atoms with Crippen molar-refractivity contribution in [3.63, 3.8) is 0 Å². The summed E-state index contributed by atoms with van der Waals surface area (Å²) in [6, 6.07) is 8.79. The number of rotatable bonds is 0. The molecule has 1 atom stereocenters. The van der Waals surface area contributed by atoms with Gasteiger partial charge in [-0.3, -0.25) is 5.32 Å². The molecule has 3 fully saturated rings. The first kappa shape index (κ1) is 15.1. The molecule has 0 radical (unpaired) electrons. The zero-order chi connectivity index (χ0) is 16.9. The number of benzene rings is 1. The Morgan fingerprint density at radius 3 is 2.92 bits per heavy atom. The van der Waals surface area contributed by atoms with E-state index in [-0.39, 0.29) is 4.65 Å². The van der Waals surface area contributed by atoms with Crippen LogP contribution in [-0.2, 0) is 11.2 Å². The highest BCUT2D eigenvalue weighted by Crippen LogP contribution is 2.43. The van der Waals surface area contributed by atoms with E-state index in [2.05, 4.69) is 27.4 Å². The SMILES string of the molecule is [O-][N+]12CCC(CC1)C1(CN=C(NC3=NC=Cc4ccccc4C3)O1)C2. The van der Waals surface area contributed by atoms with Gasteiger partial charge in [0.25, 0.3) is 6.02 Å². The molecule has 0 aromatic heterocycles. The summed E-state index contributed by atoms with van der Waals surface area (Å²) in [7, 11) is 0. The fourth-order valence-corrected chi connectivity index (χ4v) is 4.65. The molecule has 5 aliphatic rings. The van der Waals surface area contributed by atoms with Gasteiger partial charge < -0.3 is 14.6 Å². The van der Waals surface area contributed by atoms with Crippen molar-refractivity contribution < 1.29 is 9.38 Å². The minimum Gasteiger partial charge on any atom is -0.633 e. The van der Waals surface area contributed by atoms with E-state index in [9.17, 15) is 5.21 Å². The van der Waals surface area contributed by atoms with Crippen LogP contribution in [0.15, 0.2) is 40.5 Å². The molecule has 0 amide bonds. The van der Waals surface area contributed by atoms with E-state index in [0.29, 0.717) is 31.4 Å². The second-order valence-electron chi connectivity index (χ2n) is 7.62. The van der Waals surface area contributed by atoms with Crippen LogP contribution >= 0.6 is 0 Å². The van der Waals surface area contributed by atoms with Gasteiger partial charge in [-0.05, 0) is 17.2 Å². The molecule has 2 bridgehead atoms. The van der Waals surface area contributed by atoms with Crippen molar-refractivity contribution >= 4 is 17.9 Å². The molecule has 1 unspecified atom stereocenters. The van der Waals surface area contributed by atoms with Gasteiger partial charge in [0, 0.05) is 31.4 Å². The zero-order valence-electron chi connectivity index (χ0n) is 14.1. The van der Waals surface area contributed by atoms with E-state index < -0.39 is 5.60 Å². The molecule has 6 rings (SSSR count). The maximum atomic E-state index is 12.7. The molecule has 0 aliphatic carbocycles. The van der Waals surface area contributed by atoms with Crippen LogP contribution in [0, 0.1) is 11.1 Å². The lowest BCUT2D eigenvalue weighted by Crippen LogP contribution is -2.68. The van der Waals surface area contributed by atoms with Gasteiger partial charge in [-0.1, -0.05) is 24.3 Å². The van der Waals surface area contributed by atoms with E-state index in [4.69, 9.17) is 4.74 Å². The predicted octanol–water partition coefficient (Wildman–Crippen LogP) is 2.06. The predicted molar refractivity (Wildman–Crippen MR) is 96.8 cm³/mol. The molecular formula is C19H22N4O2. The smallest absolute Gasteiger partial charge is 0.291 e. The molecule has 5 aliphatic heterocycles. The third-order valence-corrected chi connectivity index (χ3v) is 6.01. The van der Waals surface area contributed by atoms with Crippen molar-refractivity contribution in [2.24, 2.45) is 15.9 Å². The first-order valence-corrected chi connectivity index (χ1v) is 9.03. The maximum absolute atomic E-state index is 12.7. The molecule has 1 spiro atoms. The quantitative estimate of drug-likeness (QED) is 0.581. The number of piperidine rings is 3. The number of hydrogen-bond donors (Lipinski definition) is 1. The molecule has 6 heteroatoms. The lowest BCUT2D eigenvalue weighted by molar-refractivity contribution is -0.905. The average Bonchev–Trinajstić information content (AvgIpc) is 2.86. The Balaban J connectivity index is 1.31. The summed E-state index contributed by atoms with van der Waals surface area (Å²) in [6.07, 6.45) is 6.43. The van der Waals surface area contributed by atoms with Crippen LogP contribution in [0.3, 0.4) is 0 Å². The van der Waals surface area contributed by atoms with Gasteiger partial charge >= 0.3 is 0 Å². The number of amidine groups is 2. The van der Waals surface area contributed by atoms with Crippen LogP contribution in [0.2, 0.25) is 0 Å². The summed E-state index contributed by atoms with van der Waals surface area (Å²) in [5.41, 5.74) is 2.01. The van der Waals surface area contributed by atoms with Crippen molar-refractivity contribution in [2.45, 2.75) is 24.9 Å². The van der Waals surface area contributed by atoms with Crippen LogP contribution in [-0.4, -0.2) is 48.3 Å². The van der Waals surface area contributed by atoms with Gasteiger partial charge in [0.2, 0.25) is 0 Å². The number of aliphatic imine (C=N–C) groups is 2. The summed E-state index contributed by atoms with van der Waals surface area (Å²) in [4.78, 5) is 9.07. The molecule has 1 aromatic rings. The Morgan fingerprint density at radius 1 is 1.24 bits per heavy atom. The number of quaternary nitrogens is 1. The van der Waals surface area contributed by atoms with E-state index in [1.807, 2.05) is 24.4 Å². The van der Waals surface area contributed by atoms with E-state index in [1.54, 1.807) is 0 Å². The Labute approximate surface area is 147 Å². The third-order valence-electron chi connectivity index (χ3n) is 6.01. The standard InChI is InChI=1S/C19H22N4O2/c24-23-9-6-16(7-10-23)19(13-23)12-21-18(25-19)22-17-11-15-4-2-1-3-14(15)5-8-20-17/h1-5,8,16H,6-7,9-13H2,(H,20,21,22). The fourth-order valence-electron chi connectivity index (χ4n) is 4.65. The number of hydrogen-bond acceptors (Lipinski definition) is 5. The van der Waals surface area contributed by atoms with Crippen LogP contribution in [0.5, 0.6) is 0 Å². The lowest BCUT2D eigenvalue weighted by Gasteiger charge is -2.58. The van der Waals surface area contributed by atoms with Crippen molar-refractivity contribution in [2.75, 3.05) is 26.2 Å². The number of hydroxylamine groups is 3. The van der Waals surface area contributed by atoms with E-state index in [0.717, 1.165) is 31.8 Å². The minimum absolute atomic E-state index is 0.115. The Bertz CT molecular complexity index is 792. The summed E-state index contributed by atoms with van der Waals surface area (Å²) in [5, 5.41) is 16.0. The first-order chi connectivity index (χ1) is 12.1. The van der Waals surface area contributed by atoms with Gasteiger partial charge in [-0.15, -0.1) is 0 Å². The molecule has 3 saturated heterocycles. The maximum Gasteiger partial charge on any atom is 0.291 e. The Kier molecular flexibility index (Phi) is 3.27. The summed E-state index contributed by atoms with van der Waals surface area (Å²) in [6.45, 7) is 2.57. The molecule has 5 heterocycles. The van der Waals surface area contributed by atoms with Gasteiger partial charge in [0.1, 0.15) is 12.4 Å². The highest BCUT2D eigenvalue weighted by Gasteiger charge is 2.56. The van der Waals surface area contributed by atoms with Crippen LogP contribution in [0.4, 0.5) is 0 Å². The Morgan fingerprint density at radius 2 is 2.08 bits per heavy atom. The zero-order valence-corrected chi connectivity index (χ0v) is 14.1. The third kappa shape index (κ3) is 2.56. The van der Waals surface area contributed by atoms with Gasteiger partial charge in [0.15, 0.2) is 5.60 Å². The summed E-state index contributed by atoms with van der Waals surface area (Å²) < 4.78 is 6.12. The van der Waals surface area contributed by atoms with Gasteiger partial charge in [-0.25, -0.2) is 9.98 Å². The second-order valence-corrected chi connectivity index (χ2v) is 7.62. The van der Waals surface area contributed by atoms with Crippen LogP contribution in [0.1, 0.15) is 24.0 Å². The molecular weight excluding hydrogens is 316 g/mol. The van der Waals surface area contributed by atoms with Crippen molar-refractivity contribution in [3.8, 4) is 0 Å². The van der Waals surface area contributed by atoms with Crippen LogP contribution in [0.25, 0.3) is 6.08 Å². The molecule has 1 N–H and O–H groups in total. The highest BCUT2D eigenvalue weighted by atomic mass is 16.6. The topological polar surface area (TPSA) is 69.0 Å². The number of nitrogens with one attached hydrogen (secondary N) is 1. The lowest BCUT2D eigenvalue weighted by atomic mass is 9.75. The summed E-state index contributed by atoms with van der Waals surface area (Å²) in [5.74, 6) is 1.27. The molecule has 0 saturated carbocycles. The largest absolute Gasteiger partial charge is 0.633 e. The van der Waals surface area contributed by atoms with Gasteiger partial charge in [-0.2, -0.15) is 0 Å². The molecule has 25 heavy (non-hydrogen) atoms. The normalized spacial score (nSPS) is 35.6. The van der Waals surface area contributed by atoms with Crippen LogP contribution < -0.4 is 5.32 Å². The molecule has 1 aromatic carbocycles. The highest BCUT2D eigenvalue weighted by molar-refractivity contribution is 6.00. The molecule has 6 nitrogen and oxygen atoms in total. The summed E-state index contributed by atoms with van der Waals surface area (Å²) >= 11 is 0. The first-order valence-electron chi connectivity index (χ1n) is 9.03. The van der Waals surface area contributed by atoms with Crippen molar-refractivity contribution in [1.82, 2.24) is 5.32 Å². The van der Waals surface area contributed by atoms with Gasteiger partial charge in [0.05, 0.1) is 19.6 Å². The number of ether oxygens (including phenoxy) is 1. The minimum atomic E-state index is -0.403. The monoisotopic (exact) mass is 338 g/mol. The number of nitrogens with zero attached hydrogens (tertiary/aromatic N) is 3. The second kappa shape index (κ2) is 5.41. The van der Waals surface area contributed by atoms with Crippen molar-refractivity contribution in [3.05, 3.63) is 46.8 Å². The van der Waals surface area contributed by atoms with E-state index >= 15 is 0 Å². The average molecular weight is 338 g/mol. The molecule has 130 valence electrons. The van der Waals surface area contributed by atoms with E-state index in [1.165, 1.54) is 11.1 Å².